The molecule has 1 heterocycles. The standard InChI is InChI=1S/C9H15N3O3S/c10-9-4-3-8(7-11-9)16(14,15)12-5-1-2-6-13/h3-4,7,12-13H,1-2,5-6H2,(H2,10,11). The Morgan fingerprint density at radius 1 is 1.38 bits per heavy atom. The molecule has 1 aromatic heterocycles. The van der Waals surface area contributed by atoms with E-state index in [4.69, 9.17) is 10.8 Å². The summed E-state index contributed by atoms with van der Waals surface area (Å²) in [5.41, 5.74) is 5.36. The van der Waals surface area contributed by atoms with Gasteiger partial charge in [0.1, 0.15) is 10.7 Å². The second-order valence-electron chi connectivity index (χ2n) is 3.25. The number of hydrogen-bond donors (Lipinski definition) is 3. The Hall–Kier alpha value is -1.18. The molecule has 0 fully saturated rings. The number of hydrogen-bond acceptors (Lipinski definition) is 5. The van der Waals surface area contributed by atoms with Crippen LogP contribution in [0.1, 0.15) is 12.8 Å². The maximum absolute atomic E-state index is 11.7. The number of sulfonamides is 1. The van der Waals surface area contributed by atoms with Gasteiger partial charge in [0, 0.05) is 19.3 Å². The van der Waals surface area contributed by atoms with Crippen LogP contribution in [0.3, 0.4) is 0 Å². The van der Waals surface area contributed by atoms with Crippen molar-refractivity contribution in [2.75, 3.05) is 18.9 Å². The van der Waals surface area contributed by atoms with E-state index in [2.05, 4.69) is 9.71 Å². The highest BCUT2D eigenvalue weighted by Gasteiger charge is 2.12. The van der Waals surface area contributed by atoms with Gasteiger partial charge in [-0.2, -0.15) is 0 Å². The number of anilines is 1. The third kappa shape index (κ3) is 3.76. The molecule has 0 aliphatic heterocycles. The molecular formula is C9H15N3O3S. The van der Waals surface area contributed by atoms with Crippen molar-refractivity contribution in [3.63, 3.8) is 0 Å². The molecule has 0 saturated heterocycles. The lowest BCUT2D eigenvalue weighted by atomic mass is 10.3. The van der Waals surface area contributed by atoms with Crippen LogP contribution in [0.25, 0.3) is 0 Å². The molecule has 90 valence electrons. The molecule has 0 aromatic carbocycles. The van der Waals surface area contributed by atoms with Gasteiger partial charge in [0.05, 0.1) is 0 Å². The lowest BCUT2D eigenvalue weighted by Crippen LogP contribution is -2.25. The summed E-state index contributed by atoms with van der Waals surface area (Å²) in [7, 11) is -3.51. The number of nitrogens with two attached hydrogens (primary N) is 1. The average Bonchev–Trinajstić information content (AvgIpc) is 2.25. The second kappa shape index (κ2) is 5.78. The van der Waals surface area contributed by atoms with Crippen molar-refractivity contribution in [1.82, 2.24) is 9.71 Å². The van der Waals surface area contributed by atoms with E-state index in [0.29, 0.717) is 19.4 Å². The van der Waals surface area contributed by atoms with Gasteiger partial charge in [-0.15, -0.1) is 0 Å². The number of nitrogens with one attached hydrogen (secondary N) is 1. The summed E-state index contributed by atoms with van der Waals surface area (Å²) in [5.74, 6) is 0.277. The lowest BCUT2D eigenvalue weighted by molar-refractivity contribution is 0.285. The minimum absolute atomic E-state index is 0.0607. The van der Waals surface area contributed by atoms with Gasteiger partial charge in [-0.05, 0) is 25.0 Å². The van der Waals surface area contributed by atoms with Crippen LogP contribution in [0.5, 0.6) is 0 Å². The molecule has 0 unspecified atom stereocenters. The molecule has 0 aliphatic rings. The highest BCUT2D eigenvalue weighted by Crippen LogP contribution is 2.08. The summed E-state index contributed by atoms with van der Waals surface area (Å²) in [6.07, 6.45) is 2.38. The summed E-state index contributed by atoms with van der Waals surface area (Å²) in [6, 6.07) is 2.83. The van der Waals surface area contributed by atoms with E-state index in [-0.39, 0.29) is 17.3 Å². The van der Waals surface area contributed by atoms with Crippen LogP contribution in [0.15, 0.2) is 23.2 Å². The van der Waals surface area contributed by atoms with Gasteiger partial charge in [-0.25, -0.2) is 18.1 Å². The third-order valence-electron chi connectivity index (χ3n) is 1.95. The van der Waals surface area contributed by atoms with Crippen molar-refractivity contribution in [3.05, 3.63) is 18.3 Å². The van der Waals surface area contributed by atoms with E-state index in [1.807, 2.05) is 0 Å². The first kappa shape index (κ1) is 12.9. The van der Waals surface area contributed by atoms with Gasteiger partial charge in [-0.3, -0.25) is 0 Å². The fourth-order valence-corrected chi connectivity index (χ4v) is 2.10. The minimum Gasteiger partial charge on any atom is -0.396 e. The summed E-state index contributed by atoms with van der Waals surface area (Å²) in [6.45, 7) is 0.360. The molecule has 1 rings (SSSR count). The number of aliphatic hydroxyl groups is 1. The van der Waals surface area contributed by atoms with E-state index < -0.39 is 10.0 Å². The molecule has 7 heteroatoms. The molecule has 0 aliphatic carbocycles. The molecule has 0 spiro atoms. The van der Waals surface area contributed by atoms with Crippen molar-refractivity contribution in [1.29, 1.82) is 0 Å². The van der Waals surface area contributed by atoms with Crippen LogP contribution in [0, 0.1) is 0 Å². The number of nitrogens with zero attached hydrogens (tertiary/aromatic N) is 1. The van der Waals surface area contributed by atoms with Gasteiger partial charge in [-0.1, -0.05) is 0 Å². The zero-order chi connectivity index (χ0) is 12.0. The predicted octanol–water partition coefficient (Wildman–Crippen LogP) is -0.285. The summed E-state index contributed by atoms with van der Waals surface area (Å²) < 4.78 is 25.7. The number of aromatic nitrogens is 1. The molecular weight excluding hydrogens is 230 g/mol. The molecule has 0 radical (unpaired) electrons. The first-order valence-corrected chi connectivity index (χ1v) is 6.36. The maximum Gasteiger partial charge on any atom is 0.242 e. The predicted molar refractivity (Wildman–Crippen MR) is 60.2 cm³/mol. The number of rotatable bonds is 6. The number of nitrogen functional groups attached to an aromatic ring is 1. The van der Waals surface area contributed by atoms with Crippen molar-refractivity contribution in [3.8, 4) is 0 Å². The smallest absolute Gasteiger partial charge is 0.242 e. The van der Waals surface area contributed by atoms with Gasteiger partial charge in [0.25, 0.3) is 0 Å². The Kier molecular flexibility index (Phi) is 4.66. The minimum atomic E-state index is -3.51. The zero-order valence-electron chi connectivity index (χ0n) is 8.76. The van der Waals surface area contributed by atoms with Gasteiger partial charge >= 0.3 is 0 Å². The third-order valence-corrected chi connectivity index (χ3v) is 3.39. The van der Waals surface area contributed by atoms with E-state index in [1.54, 1.807) is 0 Å². The Morgan fingerprint density at radius 3 is 2.69 bits per heavy atom. The average molecular weight is 245 g/mol. The van der Waals surface area contributed by atoms with Crippen molar-refractivity contribution < 1.29 is 13.5 Å². The highest BCUT2D eigenvalue weighted by molar-refractivity contribution is 7.89. The molecule has 0 atom stereocenters. The Balaban J connectivity index is 2.60. The first-order valence-electron chi connectivity index (χ1n) is 4.88. The summed E-state index contributed by atoms with van der Waals surface area (Å²) >= 11 is 0. The first-order chi connectivity index (χ1) is 7.56. The van der Waals surface area contributed by atoms with E-state index in [0.717, 1.165) is 0 Å². The molecule has 0 bridgehead atoms. The summed E-state index contributed by atoms with van der Waals surface area (Å²) in [5, 5.41) is 8.54. The number of pyridine rings is 1. The van der Waals surface area contributed by atoms with E-state index in [9.17, 15) is 8.42 Å². The Bertz CT molecular complexity index is 416. The fraction of sp³-hybridized carbons (Fsp3) is 0.444. The van der Waals surface area contributed by atoms with Crippen LogP contribution in [-0.4, -0.2) is 31.7 Å². The quantitative estimate of drug-likeness (QED) is 0.597. The normalized spacial score (nSPS) is 11.6. The highest BCUT2D eigenvalue weighted by atomic mass is 32.2. The maximum atomic E-state index is 11.7. The molecule has 16 heavy (non-hydrogen) atoms. The van der Waals surface area contributed by atoms with Crippen molar-refractivity contribution >= 4 is 15.8 Å². The van der Waals surface area contributed by atoms with Crippen LogP contribution in [-0.2, 0) is 10.0 Å². The van der Waals surface area contributed by atoms with Crippen LogP contribution in [0.2, 0.25) is 0 Å². The van der Waals surface area contributed by atoms with Gasteiger partial charge < -0.3 is 10.8 Å². The lowest BCUT2D eigenvalue weighted by Gasteiger charge is -2.05. The monoisotopic (exact) mass is 245 g/mol. The molecule has 1 aromatic rings. The van der Waals surface area contributed by atoms with E-state index in [1.165, 1.54) is 18.3 Å². The second-order valence-corrected chi connectivity index (χ2v) is 5.01. The molecule has 4 N–H and O–H groups in total. The van der Waals surface area contributed by atoms with Gasteiger partial charge in [0.2, 0.25) is 10.0 Å². The van der Waals surface area contributed by atoms with E-state index >= 15 is 0 Å². The topological polar surface area (TPSA) is 105 Å². The number of unbranched alkanes of at least 4 members (excludes halogenated alkanes) is 1. The molecule has 6 nitrogen and oxygen atoms in total. The largest absolute Gasteiger partial charge is 0.396 e. The fourth-order valence-electron chi connectivity index (χ4n) is 1.08. The Morgan fingerprint density at radius 2 is 2.12 bits per heavy atom. The SMILES string of the molecule is Nc1ccc(S(=O)(=O)NCCCCO)cn1. The van der Waals surface area contributed by atoms with Gasteiger partial charge in [0.15, 0.2) is 0 Å². The van der Waals surface area contributed by atoms with Crippen molar-refractivity contribution in [2.24, 2.45) is 0 Å². The molecule has 0 saturated carbocycles. The van der Waals surface area contributed by atoms with Crippen molar-refractivity contribution in [2.45, 2.75) is 17.7 Å². The van der Waals surface area contributed by atoms with Crippen LogP contribution in [0.4, 0.5) is 5.82 Å². The zero-order valence-corrected chi connectivity index (χ0v) is 9.57. The molecule has 0 amide bonds. The number of aliphatic hydroxyl groups excluding tert-OH is 1. The Labute approximate surface area is 94.6 Å². The van der Waals surface area contributed by atoms with Crippen LogP contribution < -0.4 is 10.5 Å². The summed E-state index contributed by atoms with van der Waals surface area (Å²) in [4.78, 5) is 3.80. The van der Waals surface area contributed by atoms with Crippen LogP contribution >= 0.6 is 0 Å².